The van der Waals surface area contributed by atoms with Crippen LogP contribution in [-0.2, 0) is 6.42 Å². The van der Waals surface area contributed by atoms with Crippen molar-refractivity contribution in [2.24, 2.45) is 0 Å². The van der Waals surface area contributed by atoms with Gasteiger partial charge < -0.3 is 5.32 Å². The number of nitrogens with one attached hydrogen (secondary N) is 1. The van der Waals surface area contributed by atoms with Crippen LogP contribution in [0.25, 0.3) is 0 Å². The number of hydrogen-bond acceptors (Lipinski definition) is 4. The van der Waals surface area contributed by atoms with Gasteiger partial charge in [0, 0.05) is 33.4 Å². The lowest BCUT2D eigenvalue weighted by atomic mass is 10.1. The maximum Gasteiger partial charge on any atom is 0.0947 e. The fourth-order valence-electron chi connectivity index (χ4n) is 1.58. The Kier molecular flexibility index (Phi) is 4.13. The fourth-order valence-corrected chi connectivity index (χ4v) is 4.02. The van der Waals surface area contributed by atoms with E-state index >= 15 is 0 Å². The first kappa shape index (κ1) is 12.2. The predicted molar refractivity (Wildman–Crippen MR) is 74.4 cm³/mol. The molecule has 0 aromatic carbocycles. The zero-order chi connectivity index (χ0) is 11.5. The highest BCUT2D eigenvalue weighted by Crippen LogP contribution is 2.29. The molecule has 2 aromatic heterocycles. The molecule has 2 heterocycles. The van der Waals surface area contributed by atoms with Gasteiger partial charge in [0.15, 0.2) is 0 Å². The van der Waals surface area contributed by atoms with Gasteiger partial charge in [0.1, 0.15) is 0 Å². The second kappa shape index (κ2) is 5.40. The molecule has 0 aliphatic rings. The van der Waals surface area contributed by atoms with E-state index in [0.717, 1.165) is 12.1 Å². The molecule has 2 aromatic rings. The van der Waals surface area contributed by atoms with Gasteiger partial charge >= 0.3 is 0 Å². The summed E-state index contributed by atoms with van der Waals surface area (Å²) in [6.07, 6.45) is 0.949. The molecule has 1 unspecified atom stereocenters. The van der Waals surface area contributed by atoms with Crippen LogP contribution in [0, 0.1) is 6.92 Å². The standard InChI is InChI=1S/C11H13BrN2S2/c1-7-4-16-11(14-7)3-10(13-2)8-5-15-6-9(8)12/h4-6,10,13H,3H2,1-2H3. The highest BCUT2D eigenvalue weighted by atomic mass is 79.9. The van der Waals surface area contributed by atoms with Crippen LogP contribution in [0.2, 0.25) is 0 Å². The quantitative estimate of drug-likeness (QED) is 0.928. The molecule has 86 valence electrons. The van der Waals surface area contributed by atoms with E-state index in [9.17, 15) is 0 Å². The molecular formula is C11H13BrN2S2. The van der Waals surface area contributed by atoms with E-state index in [0.29, 0.717) is 6.04 Å². The SMILES string of the molecule is CNC(Cc1nc(C)cs1)c1cscc1Br. The van der Waals surface area contributed by atoms with Crippen molar-refractivity contribution >= 4 is 38.6 Å². The van der Waals surface area contributed by atoms with Crippen molar-refractivity contribution in [1.29, 1.82) is 0 Å². The Morgan fingerprint density at radius 1 is 1.44 bits per heavy atom. The van der Waals surface area contributed by atoms with Crippen LogP contribution < -0.4 is 5.32 Å². The largest absolute Gasteiger partial charge is 0.313 e. The van der Waals surface area contributed by atoms with Crippen LogP contribution in [0.15, 0.2) is 20.6 Å². The molecule has 0 spiro atoms. The van der Waals surface area contributed by atoms with Gasteiger partial charge in [-0.25, -0.2) is 4.98 Å². The Morgan fingerprint density at radius 3 is 2.75 bits per heavy atom. The molecule has 0 radical (unpaired) electrons. The Bertz CT molecular complexity index is 464. The highest BCUT2D eigenvalue weighted by Gasteiger charge is 2.15. The number of thiophene rings is 1. The third kappa shape index (κ3) is 2.71. The lowest BCUT2D eigenvalue weighted by molar-refractivity contribution is 0.589. The molecule has 0 saturated heterocycles. The Hall–Kier alpha value is -0.230. The molecule has 0 bridgehead atoms. The van der Waals surface area contributed by atoms with E-state index in [1.54, 1.807) is 22.7 Å². The van der Waals surface area contributed by atoms with Crippen LogP contribution in [-0.4, -0.2) is 12.0 Å². The minimum atomic E-state index is 0.339. The normalized spacial score (nSPS) is 12.9. The zero-order valence-electron chi connectivity index (χ0n) is 9.16. The van der Waals surface area contributed by atoms with Gasteiger partial charge in [0.2, 0.25) is 0 Å². The van der Waals surface area contributed by atoms with E-state index in [1.165, 1.54) is 15.0 Å². The average Bonchev–Trinajstić information content (AvgIpc) is 2.84. The number of aromatic nitrogens is 1. The molecule has 5 heteroatoms. The summed E-state index contributed by atoms with van der Waals surface area (Å²) in [5.74, 6) is 0. The smallest absolute Gasteiger partial charge is 0.0947 e. The number of likely N-dealkylation sites (N-methyl/N-ethyl adjacent to an activating group) is 1. The van der Waals surface area contributed by atoms with Crippen molar-refractivity contribution in [3.63, 3.8) is 0 Å². The summed E-state index contributed by atoms with van der Waals surface area (Å²) >= 11 is 7.03. The summed E-state index contributed by atoms with van der Waals surface area (Å²) in [5.41, 5.74) is 2.43. The Balaban J connectivity index is 2.15. The molecule has 1 atom stereocenters. The van der Waals surface area contributed by atoms with Crippen molar-refractivity contribution in [3.8, 4) is 0 Å². The lowest BCUT2D eigenvalue weighted by Gasteiger charge is -2.14. The van der Waals surface area contributed by atoms with Gasteiger partial charge in [0.25, 0.3) is 0 Å². The monoisotopic (exact) mass is 316 g/mol. The maximum atomic E-state index is 4.50. The number of rotatable bonds is 4. The van der Waals surface area contributed by atoms with Crippen molar-refractivity contribution in [3.05, 3.63) is 36.9 Å². The summed E-state index contributed by atoms with van der Waals surface area (Å²) in [5, 5.41) is 10.9. The molecule has 16 heavy (non-hydrogen) atoms. The van der Waals surface area contributed by atoms with Crippen molar-refractivity contribution in [2.75, 3.05) is 7.05 Å². The minimum absolute atomic E-state index is 0.339. The Labute approximate surface area is 112 Å². The number of hydrogen-bond donors (Lipinski definition) is 1. The van der Waals surface area contributed by atoms with E-state index in [2.05, 4.69) is 42.4 Å². The second-order valence-corrected chi connectivity index (χ2v) is 6.14. The molecule has 0 aliphatic carbocycles. The van der Waals surface area contributed by atoms with Crippen LogP contribution in [0.3, 0.4) is 0 Å². The molecule has 0 aliphatic heterocycles. The van der Waals surface area contributed by atoms with Crippen LogP contribution in [0.4, 0.5) is 0 Å². The first-order valence-corrected chi connectivity index (χ1v) is 7.62. The average molecular weight is 317 g/mol. The summed E-state index contributed by atoms with van der Waals surface area (Å²) in [7, 11) is 2.00. The third-order valence-electron chi connectivity index (χ3n) is 2.41. The van der Waals surface area contributed by atoms with Crippen LogP contribution in [0.1, 0.15) is 22.3 Å². The summed E-state index contributed by atoms with van der Waals surface area (Å²) < 4.78 is 1.19. The maximum absolute atomic E-state index is 4.50. The van der Waals surface area contributed by atoms with Crippen LogP contribution in [0.5, 0.6) is 0 Å². The molecule has 0 fully saturated rings. The lowest BCUT2D eigenvalue weighted by Crippen LogP contribution is -2.18. The van der Waals surface area contributed by atoms with E-state index in [1.807, 2.05) is 14.0 Å². The third-order valence-corrected chi connectivity index (χ3v) is 5.15. The molecule has 0 amide bonds. The van der Waals surface area contributed by atoms with Crippen LogP contribution >= 0.6 is 38.6 Å². The van der Waals surface area contributed by atoms with Gasteiger partial charge in [0.05, 0.1) is 5.01 Å². The summed E-state index contributed by atoms with van der Waals surface area (Å²) in [6.45, 7) is 2.04. The molecule has 2 nitrogen and oxygen atoms in total. The Morgan fingerprint density at radius 2 is 2.25 bits per heavy atom. The molecular weight excluding hydrogens is 304 g/mol. The molecule has 2 rings (SSSR count). The van der Waals surface area contributed by atoms with Gasteiger partial charge in [-0.15, -0.1) is 11.3 Å². The minimum Gasteiger partial charge on any atom is -0.313 e. The number of halogens is 1. The van der Waals surface area contributed by atoms with Gasteiger partial charge in [-0.3, -0.25) is 0 Å². The van der Waals surface area contributed by atoms with E-state index < -0.39 is 0 Å². The second-order valence-electron chi connectivity index (χ2n) is 3.60. The van der Waals surface area contributed by atoms with Crippen molar-refractivity contribution < 1.29 is 0 Å². The number of nitrogens with zero attached hydrogens (tertiary/aromatic N) is 1. The van der Waals surface area contributed by atoms with Gasteiger partial charge in [-0.1, -0.05) is 0 Å². The summed E-state index contributed by atoms with van der Waals surface area (Å²) in [6, 6.07) is 0.339. The topological polar surface area (TPSA) is 24.9 Å². The zero-order valence-corrected chi connectivity index (χ0v) is 12.4. The molecule has 1 N–H and O–H groups in total. The fraction of sp³-hybridized carbons (Fsp3) is 0.364. The van der Waals surface area contributed by atoms with Gasteiger partial charge in [-0.2, -0.15) is 11.3 Å². The van der Waals surface area contributed by atoms with Crippen molar-refractivity contribution in [2.45, 2.75) is 19.4 Å². The first-order chi connectivity index (χ1) is 7.70. The number of aryl methyl sites for hydroxylation is 1. The first-order valence-electron chi connectivity index (χ1n) is 5.00. The number of thiazole rings is 1. The van der Waals surface area contributed by atoms with Crippen molar-refractivity contribution in [1.82, 2.24) is 10.3 Å². The molecule has 0 saturated carbocycles. The predicted octanol–water partition coefficient (Wildman–Crippen LogP) is 3.78. The highest BCUT2D eigenvalue weighted by molar-refractivity contribution is 9.10. The summed E-state index contributed by atoms with van der Waals surface area (Å²) in [4.78, 5) is 4.50. The van der Waals surface area contributed by atoms with E-state index in [4.69, 9.17) is 0 Å². The van der Waals surface area contributed by atoms with Gasteiger partial charge in [-0.05, 0) is 40.8 Å². The van der Waals surface area contributed by atoms with E-state index in [-0.39, 0.29) is 0 Å².